The van der Waals surface area contributed by atoms with Crippen LogP contribution in [-0.2, 0) is 0 Å². The summed E-state index contributed by atoms with van der Waals surface area (Å²) in [6, 6.07) is 7.03. The third-order valence-corrected chi connectivity index (χ3v) is 6.13. The number of anilines is 1. The molecule has 3 N–H and O–H groups in total. The molecule has 0 aliphatic carbocycles. The van der Waals surface area contributed by atoms with Crippen molar-refractivity contribution in [3.8, 4) is 0 Å². The maximum absolute atomic E-state index is 13.5. The minimum absolute atomic E-state index is 0.199. The van der Waals surface area contributed by atoms with Gasteiger partial charge in [0.15, 0.2) is 5.96 Å². The molecule has 7 heteroatoms. The Morgan fingerprint density at radius 1 is 1.50 bits per heavy atom. The molecule has 0 spiro atoms. The number of guanidine groups is 1. The van der Waals surface area contributed by atoms with Gasteiger partial charge < -0.3 is 20.6 Å². The van der Waals surface area contributed by atoms with Crippen LogP contribution in [0.4, 0.5) is 10.1 Å². The van der Waals surface area contributed by atoms with Crippen molar-refractivity contribution in [3.05, 3.63) is 30.1 Å². The molecule has 2 atom stereocenters. The van der Waals surface area contributed by atoms with E-state index in [0.717, 1.165) is 62.0 Å². The predicted octanol–water partition coefficient (Wildman–Crippen LogP) is 2.22. The third kappa shape index (κ3) is 5.27. The Labute approximate surface area is 159 Å². The van der Waals surface area contributed by atoms with Gasteiger partial charge in [0.25, 0.3) is 0 Å². The van der Waals surface area contributed by atoms with Crippen molar-refractivity contribution >= 4 is 23.4 Å². The summed E-state index contributed by atoms with van der Waals surface area (Å²) in [7, 11) is 0. The summed E-state index contributed by atoms with van der Waals surface area (Å²) in [5.41, 5.74) is 0.253. The number of hydrogen-bond donors (Lipinski definition) is 3. The average Bonchev–Trinajstić information content (AvgIpc) is 3.07. The number of rotatable bonds is 5. The summed E-state index contributed by atoms with van der Waals surface area (Å²) in [4.78, 5) is 6.84. The number of aliphatic imine (C=N–C) groups is 1. The molecule has 3 rings (SSSR count). The van der Waals surface area contributed by atoms with Crippen molar-refractivity contribution in [3.63, 3.8) is 0 Å². The first-order valence-corrected chi connectivity index (χ1v) is 10.6. The minimum atomic E-state index is -0.673. The fourth-order valence-electron chi connectivity index (χ4n) is 3.46. The largest absolute Gasteiger partial charge is 0.387 e. The molecule has 5 nitrogen and oxygen atoms in total. The van der Waals surface area contributed by atoms with E-state index in [1.165, 1.54) is 6.07 Å². The Kier molecular flexibility index (Phi) is 6.64. The summed E-state index contributed by atoms with van der Waals surface area (Å²) in [5.74, 6) is 2.31. The summed E-state index contributed by atoms with van der Waals surface area (Å²) in [6.07, 6.45) is 2.90. The van der Waals surface area contributed by atoms with Gasteiger partial charge in [-0.25, -0.2) is 4.39 Å². The van der Waals surface area contributed by atoms with E-state index in [1.54, 1.807) is 23.9 Å². The van der Waals surface area contributed by atoms with E-state index >= 15 is 0 Å². The smallest absolute Gasteiger partial charge is 0.191 e. The normalized spacial score (nSPS) is 26.8. The Hall–Kier alpha value is -1.47. The first kappa shape index (κ1) is 19.3. The van der Waals surface area contributed by atoms with Crippen LogP contribution in [0.5, 0.6) is 0 Å². The number of thioether (sulfide) groups is 1. The molecular weight excluding hydrogens is 351 g/mol. The number of halogens is 1. The molecule has 144 valence electrons. The average molecular weight is 381 g/mol. The van der Waals surface area contributed by atoms with Crippen molar-refractivity contribution in [1.29, 1.82) is 0 Å². The first-order valence-electron chi connectivity index (χ1n) is 9.43. The van der Waals surface area contributed by atoms with E-state index in [0.29, 0.717) is 6.54 Å². The van der Waals surface area contributed by atoms with E-state index < -0.39 is 5.60 Å². The van der Waals surface area contributed by atoms with Crippen LogP contribution in [0.25, 0.3) is 0 Å². The summed E-state index contributed by atoms with van der Waals surface area (Å²) in [5, 5.41) is 17.3. The minimum Gasteiger partial charge on any atom is -0.387 e. The first-order chi connectivity index (χ1) is 12.6. The number of benzene rings is 1. The SMILES string of the molecule is CCNC(=NCC1(O)CCSC1)NC1CCCN(c2cccc(F)c2)C1. The van der Waals surface area contributed by atoms with Crippen molar-refractivity contribution < 1.29 is 9.50 Å². The van der Waals surface area contributed by atoms with E-state index in [2.05, 4.69) is 20.5 Å². The van der Waals surface area contributed by atoms with Gasteiger partial charge in [-0.3, -0.25) is 4.99 Å². The van der Waals surface area contributed by atoms with E-state index in [1.807, 2.05) is 13.0 Å². The molecule has 1 aromatic rings. The number of piperidine rings is 1. The molecule has 26 heavy (non-hydrogen) atoms. The topological polar surface area (TPSA) is 59.9 Å². The van der Waals surface area contributed by atoms with Gasteiger partial charge in [-0.15, -0.1) is 0 Å². The fourth-order valence-corrected chi connectivity index (χ4v) is 4.75. The Bertz CT molecular complexity index is 621. The molecule has 2 fully saturated rings. The van der Waals surface area contributed by atoms with Crippen molar-refractivity contribution in [1.82, 2.24) is 10.6 Å². The highest BCUT2D eigenvalue weighted by molar-refractivity contribution is 7.99. The molecule has 0 bridgehead atoms. The van der Waals surface area contributed by atoms with Crippen LogP contribution < -0.4 is 15.5 Å². The van der Waals surface area contributed by atoms with Gasteiger partial charge in [-0.05, 0) is 50.1 Å². The zero-order valence-corrected chi connectivity index (χ0v) is 16.2. The summed E-state index contributed by atoms with van der Waals surface area (Å²) >= 11 is 1.78. The predicted molar refractivity (Wildman–Crippen MR) is 108 cm³/mol. The van der Waals surface area contributed by atoms with Gasteiger partial charge in [-0.2, -0.15) is 11.8 Å². The van der Waals surface area contributed by atoms with E-state index in [9.17, 15) is 9.50 Å². The van der Waals surface area contributed by atoms with E-state index in [4.69, 9.17) is 0 Å². The van der Waals surface area contributed by atoms with Crippen LogP contribution in [0, 0.1) is 5.82 Å². The van der Waals surface area contributed by atoms with Gasteiger partial charge in [0.2, 0.25) is 0 Å². The second-order valence-electron chi connectivity index (χ2n) is 7.13. The van der Waals surface area contributed by atoms with Gasteiger partial charge in [0.1, 0.15) is 5.82 Å². The molecule has 0 saturated carbocycles. The van der Waals surface area contributed by atoms with Gasteiger partial charge in [0, 0.05) is 37.1 Å². The second-order valence-corrected chi connectivity index (χ2v) is 8.24. The van der Waals surface area contributed by atoms with Crippen LogP contribution in [0.2, 0.25) is 0 Å². The maximum atomic E-state index is 13.5. The molecule has 0 amide bonds. The quantitative estimate of drug-likeness (QED) is 0.540. The standard InChI is InChI=1S/C19H29FN4OS/c1-2-21-18(22-13-19(25)8-10-26-14-19)23-16-6-4-9-24(12-16)17-7-3-5-15(20)11-17/h3,5,7,11,16,25H,2,4,6,8-10,12-14H2,1H3,(H2,21,22,23). The van der Waals surface area contributed by atoms with Crippen LogP contribution in [0.1, 0.15) is 26.2 Å². The fraction of sp³-hybridized carbons (Fsp3) is 0.632. The zero-order chi connectivity index (χ0) is 18.4. The number of nitrogens with zero attached hydrogens (tertiary/aromatic N) is 2. The van der Waals surface area contributed by atoms with Crippen molar-refractivity contribution in [2.75, 3.05) is 42.6 Å². The summed E-state index contributed by atoms with van der Waals surface area (Å²) in [6.45, 7) is 4.99. The molecule has 2 aliphatic heterocycles. The lowest BCUT2D eigenvalue weighted by atomic mass is 10.0. The number of nitrogens with one attached hydrogen (secondary N) is 2. The highest BCUT2D eigenvalue weighted by atomic mass is 32.2. The van der Waals surface area contributed by atoms with Crippen LogP contribution in [0.15, 0.2) is 29.3 Å². The molecule has 2 unspecified atom stereocenters. The zero-order valence-electron chi connectivity index (χ0n) is 15.4. The van der Waals surface area contributed by atoms with Crippen LogP contribution in [-0.4, -0.2) is 60.4 Å². The van der Waals surface area contributed by atoms with E-state index in [-0.39, 0.29) is 11.9 Å². The number of hydrogen-bond acceptors (Lipinski definition) is 4. The third-order valence-electron chi connectivity index (χ3n) is 4.89. The Morgan fingerprint density at radius 3 is 3.12 bits per heavy atom. The lowest BCUT2D eigenvalue weighted by Crippen LogP contribution is -2.51. The van der Waals surface area contributed by atoms with Crippen LogP contribution in [0.3, 0.4) is 0 Å². The molecule has 0 radical (unpaired) electrons. The van der Waals surface area contributed by atoms with Gasteiger partial charge in [-0.1, -0.05) is 6.07 Å². The van der Waals surface area contributed by atoms with Crippen molar-refractivity contribution in [2.24, 2.45) is 4.99 Å². The number of aliphatic hydroxyl groups is 1. The van der Waals surface area contributed by atoms with Gasteiger partial charge >= 0.3 is 0 Å². The molecular formula is C19H29FN4OS. The lowest BCUT2D eigenvalue weighted by Gasteiger charge is -2.35. The monoisotopic (exact) mass is 380 g/mol. The molecule has 2 saturated heterocycles. The van der Waals surface area contributed by atoms with Crippen molar-refractivity contribution in [2.45, 2.75) is 37.8 Å². The summed E-state index contributed by atoms with van der Waals surface area (Å²) < 4.78 is 13.5. The lowest BCUT2D eigenvalue weighted by molar-refractivity contribution is 0.0778. The van der Waals surface area contributed by atoms with Gasteiger partial charge in [0.05, 0.1) is 12.1 Å². The van der Waals surface area contributed by atoms with Crippen LogP contribution >= 0.6 is 11.8 Å². The highest BCUT2D eigenvalue weighted by Crippen LogP contribution is 2.28. The highest BCUT2D eigenvalue weighted by Gasteiger charge is 2.31. The Balaban J connectivity index is 1.61. The molecule has 0 aromatic heterocycles. The molecule has 2 aliphatic rings. The maximum Gasteiger partial charge on any atom is 0.191 e. The molecule has 2 heterocycles. The molecule has 1 aromatic carbocycles. The Morgan fingerprint density at radius 2 is 2.38 bits per heavy atom. The second kappa shape index (κ2) is 8.95.